The molecule has 0 rings (SSSR count). The smallest absolute Gasteiger partial charge is 0.323 e. The second kappa shape index (κ2) is 8.09. The van der Waals surface area contributed by atoms with E-state index in [0.717, 1.165) is 0 Å². The Labute approximate surface area is 129 Å². The first-order valence-electron chi connectivity index (χ1n) is 6.92. The van der Waals surface area contributed by atoms with E-state index < -0.39 is 35.2 Å². The van der Waals surface area contributed by atoms with E-state index in [-0.39, 0.29) is 19.3 Å². The third kappa shape index (κ3) is 10.1. The Bertz CT molecular complexity index is 412. The van der Waals surface area contributed by atoms with Crippen molar-refractivity contribution in [3.8, 4) is 0 Å². The van der Waals surface area contributed by atoms with E-state index in [1.165, 1.54) is 0 Å². The summed E-state index contributed by atoms with van der Waals surface area (Å²) < 4.78 is 5.17. The van der Waals surface area contributed by atoms with Gasteiger partial charge in [0, 0.05) is 6.42 Å². The number of rotatable bonds is 9. The van der Waals surface area contributed by atoms with Crippen LogP contribution < -0.4 is 5.48 Å². The lowest BCUT2D eigenvalue weighted by Crippen LogP contribution is -2.44. The van der Waals surface area contributed by atoms with Gasteiger partial charge in [0.1, 0.15) is 11.6 Å². The van der Waals surface area contributed by atoms with Gasteiger partial charge in [-0.15, -0.1) is 0 Å². The average Bonchev–Trinajstić information content (AvgIpc) is 2.23. The van der Waals surface area contributed by atoms with Crippen LogP contribution in [-0.2, 0) is 24.0 Å². The number of carboxylic acids is 2. The van der Waals surface area contributed by atoms with Crippen molar-refractivity contribution < 1.29 is 34.2 Å². The van der Waals surface area contributed by atoms with E-state index in [1.54, 1.807) is 34.6 Å². The number of ether oxygens (including phenoxy) is 1. The molecule has 0 aromatic heterocycles. The Hall–Kier alpha value is -1.67. The van der Waals surface area contributed by atoms with Gasteiger partial charge in [-0.05, 0) is 41.0 Å². The molecule has 0 aliphatic rings. The van der Waals surface area contributed by atoms with Crippen molar-refractivity contribution in [1.82, 2.24) is 5.48 Å². The molecule has 0 saturated heterocycles. The summed E-state index contributed by atoms with van der Waals surface area (Å²) in [5.74, 6) is -2.80. The molecule has 0 saturated carbocycles. The zero-order chi connectivity index (χ0) is 17.6. The molecule has 0 spiro atoms. The first-order valence-corrected chi connectivity index (χ1v) is 6.92. The van der Waals surface area contributed by atoms with E-state index >= 15 is 0 Å². The fourth-order valence-corrected chi connectivity index (χ4v) is 1.49. The number of carboxylic acid groups (broad SMARTS) is 2. The molecule has 0 radical (unpaired) electrons. The molecule has 8 heteroatoms. The lowest BCUT2D eigenvalue weighted by Gasteiger charge is -2.28. The number of carbonyl (C=O) groups excluding carboxylic acids is 1. The predicted octanol–water partition coefficient (Wildman–Crippen LogP) is 1.34. The molecular weight excluding hydrogens is 294 g/mol. The van der Waals surface area contributed by atoms with E-state index in [0.29, 0.717) is 0 Å². The van der Waals surface area contributed by atoms with Crippen LogP contribution in [0.1, 0.15) is 53.9 Å². The van der Waals surface area contributed by atoms with Gasteiger partial charge in [-0.25, -0.2) is 0 Å². The number of hydrogen-bond donors (Lipinski definition) is 3. The molecule has 22 heavy (non-hydrogen) atoms. The van der Waals surface area contributed by atoms with Gasteiger partial charge in [0.05, 0.1) is 12.0 Å². The van der Waals surface area contributed by atoms with Crippen molar-refractivity contribution in [2.75, 3.05) is 0 Å². The zero-order valence-electron chi connectivity index (χ0n) is 13.6. The third-order valence-corrected chi connectivity index (χ3v) is 2.41. The number of hydrogen-bond acceptors (Lipinski definition) is 6. The highest BCUT2D eigenvalue weighted by atomic mass is 16.7. The highest BCUT2D eigenvalue weighted by molar-refractivity contribution is 5.75. The Morgan fingerprint density at radius 3 is 2.05 bits per heavy atom. The minimum Gasteiger partial charge on any atom is -0.481 e. The van der Waals surface area contributed by atoms with Crippen LogP contribution in [0.25, 0.3) is 0 Å². The van der Waals surface area contributed by atoms with Crippen LogP contribution in [0.4, 0.5) is 0 Å². The van der Waals surface area contributed by atoms with Gasteiger partial charge in [-0.3, -0.25) is 19.2 Å². The highest BCUT2D eigenvalue weighted by Crippen LogP contribution is 2.17. The molecular formula is C14H25NO7. The van der Waals surface area contributed by atoms with Crippen molar-refractivity contribution in [2.24, 2.45) is 0 Å². The van der Waals surface area contributed by atoms with Crippen molar-refractivity contribution >= 4 is 17.9 Å². The predicted molar refractivity (Wildman–Crippen MR) is 77.1 cm³/mol. The summed E-state index contributed by atoms with van der Waals surface area (Å²) in [6, 6.07) is -1.17. The molecule has 1 atom stereocenters. The van der Waals surface area contributed by atoms with Gasteiger partial charge in [0.25, 0.3) is 0 Å². The van der Waals surface area contributed by atoms with Crippen LogP contribution in [-0.4, -0.2) is 45.4 Å². The fraction of sp³-hybridized carbons (Fsp3) is 0.786. The minimum absolute atomic E-state index is 0.0808. The van der Waals surface area contributed by atoms with Gasteiger partial charge in [-0.1, -0.05) is 0 Å². The van der Waals surface area contributed by atoms with Crippen LogP contribution in [0.15, 0.2) is 0 Å². The number of esters is 1. The number of aliphatic carboxylic acids is 2. The number of hydroxylamine groups is 1. The maximum Gasteiger partial charge on any atom is 0.323 e. The number of nitrogens with one attached hydrogen (secondary N) is 1. The fourth-order valence-electron chi connectivity index (χ4n) is 1.49. The summed E-state index contributed by atoms with van der Waals surface area (Å²) in [5, 5.41) is 17.6. The summed E-state index contributed by atoms with van der Waals surface area (Å²) in [4.78, 5) is 38.5. The third-order valence-electron chi connectivity index (χ3n) is 2.41. The maximum atomic E-state index is 11.7. The Balaban J connectivity index is 4.46. The van der Waals surface area contributed by atoms with Crippen LogP contribution >= 0.6 is 0 Å². The lowest BCUT2D eigenvalue weighted by molar-refractivity contribution is -0.169. The first-order chi connectivity index (χ1) is 9.82. The lowest BCUT2D eigenvalue weighted by atomic mass is 10.1. The van der Waals surface area contributed by atoms with Crippen molar-refractivity contribution in [1.29, 1.82) is 0 Å². The first kappa shape index (κ1) is 20.3. The summed E-state index contributed by atoms with van der Waals surface area (Å²) in [6.45, 7) is 8.41. The molecule has 3 N–H and O–H groups in total. The largest absolute Gasteiger partial charge is 0.481 e. The van der Waals surface area contributed by atoms with Crippen molar-refractivity contribution in [3.63, 3.8) is 0 Å². The molecule has 0 heterocycles. The molecule has 8 nitrogen and oxygen atoms in total. The average molecular weight is 319 g/mol. The van der Waals surface area contributed by atoms with E-state index in [4.69, 9.17) is 19.8 Å². The molecule has 128 valence electrons. The van der Waals surface area contributed by atoms with Gasteiger partial charge < -0.3 is 14.9 Å². The number of carbonyl (C=O) groups is 3. The van der Waals surface area contributed by atoms with Gasteiger partial charge in [0.15, 0.2) is 0 Å². The van der Waals surface area contributed by atoms with E-state index in [1.807, 2.05) is 0 Å². The summed E-state index contributed by atoms with van der Waals surface area (Å²) in [7, 11) is 0. The Morgan fingerprint density at radius 2 is 1.64 bits per heavy atom. The van der Waals surface area contributed by atoms with Crippen LogP contribution in [0.2, 0.25) is 0 Å². The summed E-state index contributed by atoms with van der Waals surface area (Å²) in [5.41, 5.74) is 0.692. The summed E-state index contributed by atoms with van der Waals surface area (Å²) in [6.07, 6.45) is -0.518. The van der Waals surface area contributed by atoms with Crippen LogP contribution in [0.5, 0.6) is 0 Å². The standard InChI is InChI=1S/C14H25NO7/c1-13(2,3)21-11(18)8-14(4,5)22-15-9(12(19)20)6-7-10(16)17/h9,15H,6-8H2,1-5H3,(H,16,17)(H,19,20)/t9-/m0/s1. The molecule has 0 aromatic rings. The normalized spacial score (nSPS) is 13.5. The highest BCUT2D eigenvalue weighted by Gasteiger charge is 2.29. The molecule has 0 bridgehead atoms. The molecule has 0 aliphatic carbocycles. The van der Waals surface area contributed by atoms with Gasteiger partial charge in [0.2, 0.25) is 0 Å². The zero-order valence-corrected chi connectivity index (χ0v) is 13.6. The van der Waals surface area contributed by atoms with Crippen molar-refractivity contribution in [2.45, 2.75) is 71.1 Å². The second-order valence-corrected chi connectivity index (χ2v) is 6.57. The monoisotopic (exact) mass is 319 g/mol. The van der Waals surface area contributed by atoms with E-state index in [9.17, 15) is 14.4 Å². The topological polar surface area (TPSA) is 122 Å². The van der Waals surface area contributed by atoms with Gasteiger partial charge in [-0.2, -0.15) is 5.48 Å². The molecule has 0 aromatic carbocycles. The van der Waals surface area contributed by atoms with Crippen molar-refractivity contribution in [3.05, 3.63) is 0 Å². The summed E-state index contributed by atoms with van der Waals surface area (Å²) >= 11 is 0. The maximum absolute atomic E-state index is 11.7. The molecule has 0 aliphatic heterocycles. The SMILES string of the molecule is CC(C)(C)OC(=O)CC(C)(C)ON[C@@H](CCC(=O)O)C(=O)O. The van der Waals surface area contributed by atoms with Gasteiger partial charge >= 0.3 is 17.9 Å². The van der Waals surface area contributed by atoms with Crippen LogP contribution in [0, 0.1) is 0 Å². The molecule has 0 fully saturated rings. The van der Waals surface area contributed by atoms with Crippen LogP contribution in [0.3, 0.4) is 0 Å². The van der Waals surface area contributed by atoms with E-state index in [2.05, 4.69) is 5.48 Å². The Morgan fingerprint density at radius 1 is 1.09 bits per heavy atom. The minimum atomic E-state index is -1.23. The quantitative estimate of drug-likeness (QED) is 0.430. The Kier molecular flexibility index (Phi) is 7.48. The molecule has 0 amide bonds. The molecule has 0 unspecified atom stereocenters. The second-order valence-electron chi connectivity index (χ2n) is 6.57.